The molecule has 0 fully saturated rings. The Kier molecular flexibility index (Phi) is 7.21. The van der Waals surface area contributed by atoms with Crippen molar-refractivity contribution in [1.29, 1.82) is 0 Å². The van der Waals surface area contributed by atoms with Crippen molar-refractivity contribution < 1.29 is 19.0 Å². The molecular weight excluding hydrogens is 413 g/mol. The zero-order chi connectivity index (χ0) is 23.1. The fraction of sp³-hybridized carbons (Fsp3) is 0.261. The van der Waals surface area contributed by atoms with E-state index in [1.165, 1.54) is 6.08 Å². The molecule has 0 bridgehead atoms. The Hall–Kier alpha value is -3.72. The van der Waals surface area contributed by atoms with Gasteiger partial charge >= 0.3 is 0 Å². The standard InChI is InChI=1S/C23H26FN5O3/c1-4-20(31)26-16-6-5-7-17(12-16)27-21-19(24)13-25-22(29-21)28-15-8-10-18(11-9-15)32-23(2,3)14-30/h4,6,8-13,30H,1,5,7,14H2,2-3H3,(H,26,31)(H2,25,27,28,29). The molecule has 2 aromatic rings. The molecule has 1 aromatic heterocycles. The predicted octanol–water partition coefficient (Wildman–Crippen LogP) is 3.78. The summed E-state index contributed by atoms with van der Waals surface area (Å²) in [6.45, 7) is 6.89. The number of amides is 1. The van der Waals surface area contributed by atoms with Crippen LogP contribution in [0.4, 0.5) is 21.8 Å². The molecule has 168 valence electrons. The normalized spacial score (nSPS) is 13.5. The predicted molar refractivity (Wildman–Crippen MR) is 121 cm³/mol. The van der Waals surface area contributed by atoms with Crippen LogP contribution in [0.2, 0.25) is 0 Å². The van der Waals surface area contributed by atoms with Crippen LogP contribution < -0.4 is 20.7 Å². The lowest BCUT2D eigenvalue weighted by molar-refractivity contribution is -0.115. The number of ether oxygens (including phenoxy) is 1. The molecule has 1 amide bonds. The first-order valence-corrected chi connectivity index (χ1v) is 10.1. The van der Waals surface area contributed by atoms with Crippen molar-refractivity contribution in [2.75, 3.05) is 17.2 Å². The molecule has 0 aliphatic heterocycles. The number of nitrogens with one attached hydrogen (secondary N) is 3. The minimum Gasteiger partial charge on any atom is -0.485 e. The van der Waals surface area contributed by atoms with Crippen molar-refractivity contribution in [3.05, 3.63) is 72.5 Å². The molecule has 8 nitrogen and oxygen atoms in total. The van der Waals surface area contributed by atoms with Gasteiger partial charge in [-0.1, -0.05) is 12.7 Å². The minimum absolute atomic E-state index is 0.0229. The summed E-state index contributed by atoms with van der Waals surface area (Å²) in [4.78, 5) is 19.7. The van der Waals surface area contributed by atoms with Crippen molar-refractivity contribution in [3.8, 4) is 5.75 Å². The van der Waals surface area contributed by atoms with Gasteiger partial charge in [-0.3, -0.25) is 4.79 Å². The molecule has 1 aliphatic carbocycles. The molecule has 0 saturated carbocycles. The maximum absolute atomic E-state index is 14.3. The number of aromatic nitrogens is 2. The fourth-order valence-electron chi connectivity index (χ4n) is 2.83. The van der Waals surface area contributed by atoms with Crippen LogP contribution in [0.5, 0.6) is 5.75 Å². The van der Waals surface area contributed by atoms with E-state index in [9.17, 15) is 14.3 Å². The molecule has 1 aliphatic rings. The summed E-state index contributed by atoms with van der Waals surface area (Å²) >= 11 is 0. The van der Waals surface area contributed by atoms with Gasteiger partial charge in [-0.15, -0.1) is 0 Å². The second kappa shape index (κ2) is 10.1. The number of halogens is 1. The Morgan fingerprint density at radius 2 is 2.06 bits per heavy atom. The third-order valence-corrected chi connectivity index (χ3v) is 4.47. The summed E-state index contributed by atoms with van der Waals surface area (Å²) in [5.41, 5.74) is 1.32. The van der Waals surface area contributed by atoms with Crippen molar-refractivity contribution in [1.82, 2.24) is 15.3 Å². The van der Waals surface area contributed by atoms with E-state index in [0.717, 1.165) is 6.20 Å². The quantitative estimate of drug-likeness (QED) is 0.440. The average Bonchev–Trinajstić information content (AvgIpc) is 2.77. The van der Waals surface area contributed by atoms with E-state index in [0.29, 0.717) is 35.7 Å². The van der Waals surface area contributed by atoms with E-state index < -0.39 is 11.4 Å². The van der Waals surface area contributed by atoms with Gasteiger partial charge in [0.15, 0.2) is 11.6 Å². The van der Waals surface area contributed by atoms with Crippen LogP contribution in [-0.4, -0.2) is 33.2 Å². The molecule has 0 saturated heterocycles. The molecule has 0 spiro atoms. The third-order valence-electron chi connectivity index (χ3n) is 4.47. The number of aliphatic hydroxyl groups excluding tert-OH is 1. The van der Waals surface area contributed by atoms with Gasteiger partial charge in [-0.05, 0) is 63.1 Å². The Balaban J connectivity index is 1.69. The molecule has 0 radical (unpaired) electrons. The van der Waals surface area contributed by atoms with Crippen molar-refractivity contribution in [3.63, 3.8) is 0 Å². The van der Waals surface area contributed by atoms with Crippen LogP contribution in [0, 0.1) is 5.82 Å². The van der Waals surface area contributed by atoms with Gasteiger partial charge in [0, 0.05) is 17.1 Å². The van der Waals surface area contributed by atoms with E-state index in [2.05, 4.69) is 32.5 Å². The number of rotatable bonds is 9. The topological polar surface area (TPSA) is 108 Å². The van der Waals surface area contributed by atoms with Crippen LogP contribution >= 0.6 is 0 Å². The van der Waals surface area contributed by atoms with Crippen molar-refractivity contribution in [2.45, 2.75) is 32.3 Å². The van der Waals surface area contributed by atoms with E-state index >= 15 is 0 Å². The summed E-state index contributed by atoms with van der Waals surface area (Å²) < 4.78 is 20.0. The number of hydrogen-bond donors (Lipinski definition) is 4. The lowest BCUT2D eigenvalue weighted by Gasteiger charge is -2.23. The summed E-state index contributed by atoms with van der Waals surface area (Å²) in [7, 11) is 0. The summed E-state index contributed by atoms with van der Waals surface area (Å²) in [6, 6.07) is 7.04. The van der Waals surface area contributed by atoms with Gasteiger partial charge in [0.1, 0.15) is 11.4 Å². The highest BCUT2D eigenvalue weighted by Gasteiger charge is 2.18. The Bertz CT molecular complexity index is 1050. The van der Waals surface area contributed by atoms with E-state index in [-0.39, 0.29) is 24.3 Å². The van der Waals surface area contributed by atoms with Crippen molar-refractivity contribution >= 4 is 23.4 Å². The minimum atomic E-state index is -0.688. The molecule has 0 unspecified atom stereocenters. The first kappa shape index (κ1) is 23.0. The van der Waals surface area contributed by atoms with E-state index in [1.54, 1.807) is 44.2 Å². The highest BCUT2D eigenvalue weighted by molar-refractivity contribution is 5.88. The molecule has 4 N–H and O–H groups in total. The molecule has 1 heterocycles. The summed E-state index contributed by atoms with van der Waals surface area (Å²) in [5, 5.41) is 18.0. The monoisotopic (exact) mass is 439 g/mol. The SMILES string of the molecule is C=CC(=O)NC1=CCCC(Nc2nc(Nc3ccc(OC(C)(C)CO)cc3)ncc2F)=C1. The Labute approximate surface area is 185 Å². The first-order valence-electron chi connectivity index (χ1n) is 10.1. The zero-order valence-corrected chi connectivity index (χ0v) is 18.0. The molecular formula is C23H26FN5O3. The fourth-order valence-corrected chi connectivity index (χ4v) is 2.83. The third kappa shape index (κ3) is 6.39. The highest BCUT2D eigenvalue weighted by Crippen LogP contribution is 2.24. The van der Waals surface area contributed by atoms with Gasteiger partial charge in [0.05, 0.1) is 12.8 Å². The summed E-state index contributed by atoms with van der Waals surface area (Å²) in [6.07, 6.45) is 7.20. The lowest BCUT2D eigenvalue weighted by Crippen LogP contribution is -2.32. The van der Waals surface area contributed by atoms with Crippen LogP contribution in [0.1, 0.15) is 26.7 Å². The number of aliphatic hydroxyl groups is 1. The van der Waals surface area contributed by atoms with Crippen LogP contribution in [0.3, 0.4) is 0 Å². The second-order valence-electron chi connectivity index (χ2n) is 7.75. The number of hydrogen-bond acceptors (Lipinski definition) is 7. The van der Waals surface area contributed by atoms with Crippen LogP contribution in [0.25, 0.3) is 0 Å². The Morgan fingerprint density at radius 1 is 1.31 bits per heavy atom. The second-order valence-corrected chi connectivity index (χ2v) is 7.75. The van der Waals surface area contributed by atoms with Gasteiger partial charge < -0.3 is 25.8 Å². The number of carbonyl (C=O) groups is 1. The lowest BCUT2D eigenvalue weighted by atomic mass is 10.1. The zero-order valence-electron chi connectivity index (χ0n) is 18.0. The molecule has 32 heavy (non-hydrogen) atoms. The molecule has 9 heteroatoms. The highest BCUT2D eigenvalue weighted by atomic mass is 19.1. The molecule has 1 aromatic carbocycles. The average molecular weight is 439 g/mol. The van der Waals surface area contributed by atoms with Gasteiger partial charge in [-0.25, -0.2) is 9.37 Å². The van der Waals surface area contributed by atoms with Crippen LogP contribution in [-0.2, 0) is 4.79 Å². The van der Waals surface area contributed by atoms with Gasteiger partial charge in [0.2, 0.25) is 11.9 Å². The van der Waals surface area contributed by atoms with Crippen molar-refractivity contribution in [2.24, 2.45) is 0 Å². The molecule has 0 atom stereocenters. The number of allylic oxidation sites excluding steroid dienone is 3. The molecule has 3 rings (SSSR count). The van der Waals surface area contributed by atoms with E-state index in [4.69, 9.17) is 4.74 Å². The first-order chi connectivity index (χ1) is 15.3. The maximum atomic E-state index is 14.3. The number of nitrogens with zero attached hydrogens (tertiary/aromatic N) is 2. The maximum Gasteiger partial charge on any atom is 0.247 e. The summed E-state index contributed by atoms with van der Waals surface area (Å²) in [5.74, 6) is -0.0730. The largest absolute Gasteiger partial charge is 0.485 e. The van der Waals surface area contributed by atoms with E-state index in [1.807, 2.05) is 6.08 Å². The Morgan fingerprint density at radius 3 is 2.75 bits per heavy atom. The van der Waals surface area contributed by atoms with Gasteiger partial charge in [0.25, 0.3) is 0 Å². The van der Waals surface area contributed by atoms with Gasteiger partial charge in [-0.2, -0.15) is 4.98 Å². The number of anilines is 3. The number of benzene rings is 1. The smallest absolute Gasteiger partial charge is 0.247 e. The number of carbonyl (C=O) groups excluding carboxylic acids is 1. The van der Waals surface area contributed by atoms with Crippen LogP contribution in [0.15, 0.2) is 66.7 Å².